The Morgan fingerprint density at radius 1 is 1.27 bits per heavy atom. The van der Waals surface area contributed by atoms with Gasteiger partial charge in [0, 0.05) is 17.8 Å². The van der Waals surface area contributed by atoms with Crippen LogP contribution >= 0.6 is 0 Å². The van der Waals surface area contributed by atoms with Crippen molar-refractivity contribution in [3.8, 4) is 0 Å². The molecule has 0 spiro atoms. The number of amides is 1. The van der Waals surface area contributed by atoms with Crippen LogP contribution in [0.2, 0.25) is 0 Å². The van der Waals surface area contributed by atoms with Gasteiger partial charge in [-0.2, -0.15) is 0 Å². The Kier molecular flexibility index (Phi) is 5.30. The molecular weight excluding hydrogens is 350 g/mol. The number of primary sulfonamides is 1. The lowest BCUT2D eigenvalue weighted by Gasteiger charge is -2.35. The molecule has 26 heavy (non-hydrogen) atoms. The molecule has 1 aromatic rings. The molecule has 6 nitrogen and oxygen atoms in total. The average molecular weight is 380 g/mol. The van der Waals surface area contributed by atoms with Gasteiger partial charge in [0.2, 0.25) is 15.9 Å². The van der Waals surface area contributed by atoms with Crippen LogP contribution in [-0.4, -0.2) is 33.0 Å². The first-order valence-electron chi connectivity index (χ1n) is 9.38. The summed E-state index contributed by atoms with van der Waals surface area (Å²) >= 11 is 0. The lowest BCUT2D eigenvalue weighted by Crippen LogP contribution is -2.48. The van der Waals surface area contributed by atoms with Gasteiger partial charge in [0.15, 0.2) is 0 Å². The zero-order valence-electron chi connectivity index (χ0n) is 15.7. The van der Waals surface area contributed by atoms with E-state index in [0.717, 1.165) is 24.1 Å². The molecule has 0 unspecified atom stereocenters. The number of carbonyl (C=O) groups excluding carboxylic acids is 1. The molecule has 1 fully saturated rings. The number of rotatable bonds is 4. The fraction of sp³-hybridized carbons (Fsp3) is 0.632. The van der Waals surface area contributed by atoms with Gasteiger partial charge in [0.25, 0.3) is 0 Å². The van der Waals surface area contributed by atoms with E-state index in [1.165, 1.54) is 12.5 Å². The van der Waals surface area contributed by atoms with Crippen molar-refractivity contribution >= 4 is 21.6 Å². The van der Waals surface area contributed by atoms with Gasteiger partial charge in [-0.25, -0.2) is 13.6 Å². The molecule has 1 aliphatic heterocycles. The lowest BCUT2D eigenvalue weighted by atomic mass is 9.78. The van der Waals surface area contributed by atoms with Crippen molar-refractivity contribution in [1.82, 2.24) is 5.32 Å². The van der Waals surface area contributed by atoms with Crippen molar-refractivity contribution in [1.29, 1.82) is 0 Å². The standard InChI is InChI=1S/C19H29N3O3S/c1-12-5-4-6-17(14(12)3)21-19(23)11-22-13(2)9-15-10-16(26(20,24)25)7-8-18(15)22/h7-8,10,12-14,17H,4-6,9,11H2,1-3H3,(H,21,23)(H2,20,24,25)/t12-,13+,14+,17+/m1/s1. The van der Waals surface area contributed by atoms with Gasteiger partial charge < -0.3 is 10.2 Å². The minimum absolute atomic E-state index is 0.0335. The molecule has 0 aromatic heterocycles. The van der Waals surface area contributed by atoms with Crippen LogP contribution in [0.15, 0.2) is 23.1 Å². The zero-order valence-corrected chi connectivity index (χ0v) is 16.6. The maximum absolute atomic E-state index is 12.6. The average Bonchev–Trinajstić information content (AvgIpc) is 2.86. The van der Waals surface area contributed by atoms with E-state index in [4.69, 9.17) is 5.14 Å². The van der Waals surface area contributed by atoms with Gasteiger partial charge in [-0.15, -0.1) is 0 Å². The fourth-order valence-electron chi connectivity index (χ4n) is 4.28. The third-order valence-electron chi connectivity index (χ3n) is 6.10. The summed E-state index contributed by atoms with van der Waals surface area (Å²) in [6.07, 6.45) is 4.15. The highest BCUT2D eigenvalue weighted by atomic mass is 32.2. The number of fused-ring (bicyclic) bond motifs is 1. The van der Waals surface area contributed by atoms with Gasteiger partial charge >= 0.3 is 0 Å². The van der Waals surface area contributed by atoms with Crippen LogP contribution in [0, 0.1) is 11.8 Å². The van der Waals surface area contributed by atoms with Crippen LogP contribution in [0.5, 0.6) is 0 Å². The van der Waals surface area contributed by atoms with Gasteiger partial charge in [-0.1, -0.05) is 26.7 Å². The second kappa shape index (κ2) is 7.19. The van der Waals surface area contributed by atoms with E-state index in [1.54, 1.807) is 12.1 Å². The summed E-state index contributed by atoms with van der Waals surface area (Å²) in [6.45, 7) is 6.82. The Hall–Kier alpha value is -1.60. The normalized spacial score (nSPS) is 28.7. The number of benzene rings is 1. The maximum atomic E-state index is 12.6. The van der Waals surface area contributed by atoms with Crippen molar-refractivity contribution in [3.63, 3.8) is 0 Å². The largest absolute Gasteiger partial charge is 0.359 e. The number of anilines is 1. The summed E-state index contributed by atoms with van der Waals surface area (Å²) < 4.78 is 23.1. The maximum Gasteiger partial charge on any atom is 0.239 e. The fourth-order valence-corrected chi connectivity index (χ4v) is 4.85. The third kappa shape index (κ3) is 3.88. The second-order valence-corrected chi connectivity index (χ2v) is 9.52. The van der Waals surface area contributed by atoms with E-state index in [1.807, 2.05) is 0 Å². The Labute approximate surface area is 156 Å². The van der Waals surface area contributed by atoms with Gasteiger partial charge in [0.1, 0.15) is 0 Å². The molecule has 1 amide bonds. The predicted octanol–water partition coefficient (Wildman–Crippen LogP) is 2.03. The molecule has 4 atom stereocenters. The molecule has 3 N–H and O–H groups in total. The quantitative estimate of drug-likeness (QED) is 0.837. The van der Waals surface area contributed by atoms with Crippen molar-refractivity contribution in [2.24, 2.45) is 17.0 Å². The molecule has 0 radical (unpaired) electrons. The van der Waals surface area contributed by atoms with Crippen molar-refractivity contribution in [3.05, 3.63) is 23.8 Å². The van der Waals surface area contributed by atoms with Crippen LogP contribution in [0.25, 0.3) is 0 Å². The summed E-state index contributed by atoms with van der Waals surface area (Å²) in [5.41, 5.74) is 1.85. The smallest absolute Gasteiger partial charge is 0.239 e. The van der Waals surface area contributed by atoms with Crippen molar-refractivity contribution in [2.45, 2.75) is 63.4 Å². The number of hydrogen-bond acceptors (Lipinski definition) is 4. The number of sulfonamides is 1. The van der Waals surface area contributed by atoms with E-state index in [9.17, 15) is 13.2 Å². The monoisotopic (exact) mass is 379 g/mol. The summed E-state index contributed by atoms with van der Waals surface area (Å²) in [4.78, 5) is 14.8. The van der Waals surface area contributed by atoms with Crippen molar-refractivity contribution in [2.75, 3.05) is 11.4 Å². The van der Waals surface area contributed by atoms with Gasteiger partial charge in [0.05, 0.1) is 11.4 Å². The highest BCUT2D eigenvalue weighted by Gasteiger charge is 2.31. The topological polar surface area (TPSA) is 92.5 Å². The minimum Gasteiger partial charge on any atom is -0.359 e. The minimum atomic E-state index is -3.71. The number of nitrogens with zero attached hydrogens (tertiary/aromatic N) is 1. The first kappa shape index (κ1) is 19.2. The van der Waals surface area contributed by atoms with Crippen LogP contribution in [0.3, 0.4) is 0 Å². The Balaban J connectivity index is 1.70. The van der Waals surface area contributed by atoms with Crippen LogP contribution in [0.4, 0.5) is 5.69 Å². The van der Waals surface area contributed by atoms with E-state index >= 15 is 0 Å². The highest BCUT2D eigenvalue weighted by Crippen LogP contribution is 2.34. The van der Waals surface area contributed by atoms with E-state index in [0.29, 0.717) is 24.8 Å². The first-order valence-corrected chi connectivity index (χ1v) is 10.9. The van der Waals surface area contributed by atoms with Gasteiger partial charge in [-0.3, -0.25) is 4.79 Å². The van der Waals surface area contributed by atoms with Crippen LogP contribution in [0.1, 0.15) is 45.6 Å². The van der Waals surface area contributed by atoms with E-state index in [-0.39, 0.29) is 22.9 Å². The second-order valence-electron chi connectivity index (χ2n) is 7.96. The highest BCUT2D eigenvalue weighted by molar-refractivity contribution is 7.89. The molecule has 0 saturated heterocycles. The summed E-state index contributed by atoms with van der Waals surface area (Å²) in [6, 6.07) is 5.30. The third-order valence-corrected chi connectivity index (χ3v) is 7.01. The number of carbonyl (C=O) groups is 1. The molecule has 3 rings (SSSR count). The molecule has 1 saturated carbocycles. The van der Waals surface area contributed by atoms with E-state index < -0.39 is 10.0 Å². The van der Waals surface area contributed by atoms with Crippen LogP contribution in [-0.2, 0) is 21.2 Å². The Morgan fingerprint density at radius 2 is 2.00 bits per heavy atom. The Bertz CT molecular complexity index is 793. The first-order chi connectivity index (χ1) is 12.2. The molecule has 0 bridgehead atoms. The van der Waals surface area contributed by atoms with E-state index in [2.05, 4.69) is 31.0 Å². The molecule has 1 heterocycles. The summed E-state index contributed by atoms with van der Waals surface area (Å²) in [7, 11) is -3.71. The molecular formula is C19H29N3O3S. The molecule has 1 aliphatic carbocycles. The summed E-state index contributed by atoms with van der Waals surface area (Å²) in [5.74, 6) is 1.16. The SMILES string of the molecule is C[C@H]1[C@H](C)CCC[C@@H]1NC(=O)CN1c2ccc(S(N)(=O)=O)cc2C[C@@H]1C. The molecule has 1 aromatic carbocycles. The van der Waals surface area contributed by atoms with Crippen LogP contribution < -0.4 is 15.4 Å². The Morgan fingerprint density at radius 3 is 2.69 bits per heavy atom. The van der Waals surface area contributed by atoms with Gasteiger partial charge in [-0.05, 0) is 55.4 Å². The molecule has 2 aliphatic rings. The predicted molar refractivity (Wildman–Crippen MR) is 102 cm³/mol. The summed E-state index contributed by atoms with van der Waals surface area (Å²) in [5, 5.41) is 8.44. The number of hydrogen-bond donors (Lipinski definition) is 2. The zero-order chi connectivity index (χ0) is 19.1. The number of nitrogens with two attached hydrogens (primary N) is 1. The lowest BCUT2D eigenvalue weighted by molar-refractivity contribution is -0.121. The molecule has 144 valence electrons. The van der Waals surface area contributed by atoms with Crippen molar-refractivity contribution < 1.29 is 13.2 Å². The number of nitrogens with one attached hydrogen (secondary N) is 1. The molecule has 7 heteroatoms.